The van der Waals surface area contributed by atoms with Gasteiger partial charge < -0.3 is 20.6 Å². The van der Waals surface area contributed by atoms with E-state index in [4.69, 9.17) is 0 Å². The maximum absolute atomic E-state index is 12.2. The predicted molar refractivity (Wildman–Crippen MR) is 87.0 cm³/mol. The van der Waals surface area contributed by atoms with Gasteiger partial charge in [-0.05, 0) is 38.3 Å². The van der Waals surface area contributed by atoms with Gasteiger partial charge in [0.25, 0.3) is 0 Å². The van der Waals surface area contributed by atoms with Crippen molar-refractivity contribution >= 4 is 11.6 Å². The second kappa shape index (κ2) is 6.67. The van der Waals surface area contributed by atoms with Gasteiger partial charge in [-0.25, -0.2) is 0 Å². The normalized spacial score (nSPS) is 28.6. The summed E-state index contributed by atoms with van der Waals surface area (Å²) in [7, 11) is 0. The number of anilines is 1. The van der Waals surface area contributed by atoms with Crippen LogP contribution >= 0.6 is 0 Å². The number of nitrogens with one attached hydrogen (secondary N) is 2. The number of aliphatic hydroxyl groups excluding tert-OH is 1. The third-order valence-corrected chi connectivity index (χ3v) is 4.59. The summed E-state index contributed by atoms with van der Waals surface area (Å²) in [5, 5.41) is 15.7. The largest absolute Gasteiger partial charge is 0.392 e. The van der Waals surface area contributed by atoms with Gasteiger partial charge in [0.15, 0.2) is 0 Å². The average Bonchev–Trinajstić information content (AvgIpc) is 2.95. The summed E-state index contributed by atoms with van der Waals surface area (Å²) in [6.45, 7) is 4.49. The van der Waals surface area contributed by atoms with E-state index >= 15 is 0 Å². The molecule has 0 saturated carbocycles. The first-order chi connectivity index (χ1) is 10.6. The highest BCUT2D eigenvalue weighted by Gasteiger charge is 2.30. The summed E-state index contributed by atoms with van der Waals surface area (Å²) >= 11 is 0. The van der Waals surface area contributed by atoms with Gasteiger partial charge in [0.1, 0.15) is 0 Å². The van der Waals surface area contributed by atoms with Crippen molar-refractivity contribution in [2.45, 2.75) is 44.4 Å². The second-order valence-corrected chi connectivity index (χ2v) is 6.48. The van der Waals surface area contributed by atoms with Crippen LogP contribution in [-0.4, -0.2) is 48.8 Å². The van der Waals surface area contributed by atoms with Crippen LogP contribution in [0, 0.1) is 6.92 Å². The number of carbonyl (C=O) groups excluding carboxylic acids is 1. The van der Waals surface area contributed by atoms with Crippen molar-refractivity contribution < 1.29 is 9.90 Å². The maximum Gasteiger partial charge on any atom is 0.237 e. The van der Waals surface area contributed by atoms with Crippen molar-refractivity contribution in [1.82, 2.24) is 10.6 Å². The van der Waals surface area contributed by atoms with Crippen LogP contribution in [0.2, 0.25) is 0 Å². The minimum Gasteiger partial charge on any atom is -0.392 e. The van der Waals surface area contributed by atoms with Crippen LogP contribution in [0.1, 0.15) is 24.8 Å². The van der Waals surface area contributed by atoms with E-state index in [0.717, 1.165) is 25.9 Å². The third kappa shape index (κ3) is 3.59. The Balaban J connectivity index is 1.56. The van der Waals surface area contributed by atoms with Crippen molar-refractivity contribution in [2.75, 3.05) is 24.5 Å². The molecule has 1 aromatic carbocycles. The minimum absolute atomic E-state index is 0.0207. The Bertz CT molecular complexity index is 517. The highest BCUT2D eigenvalue weighted by atomic mass is 16.3. The van der Waals surface area contributed by atoms with Crippen molar-refractivity contribution in [1.29, 1.82) is 0 Å². The van der Waals surface area contributed by atoms with Gasteiger partial charge in [0.2, 0.25) is 5.91 Å². The molecule has 2 fully saturated rings. The van der Waals surface area contributed by atoms with Crippen molar-refractivity contribution in [3.05, 3.63) is 29.8 Å². The van der Waals surface area contributed by atoms with Crippen LogP contribution in [0.5, 0.6) is 0 Å². The van der Waals surface area contributed by atoms with E-state index in [1.807, 2.05) is 0 Å². The molecule has 5 heteroatoms. The van der Waals surface area contributed by atoms with E-state index in [9.17, 15) is 9.90 Å². The van der Waals surface area contributed by atoms with Gasteiger partial charge in [-0.2, -0.15) is 0 Å². The Hall–Kier alpha value is -1.59. The average molecular weight is 303 g/mol. The second-order valence-electron chi connectivity index (χ2n) is 6.48. The smallest absolute Gasteiger partial charge is 0.237 e. The number of β-amino-alcohol motifs (C(OH)–C–C–N with tert-alkyl or cyclic N) is 1. The summed E-state index contributed by atoms with van der Waals surface area (Å²) in [4.78, 5) is 14.6. The van der Waals surface area contributed by atoms with Crippen LogP contribution in [0.25, 0.3) is 0 Å². The first-order valence-electron chi connectivity index (χ1n) is 8.15. The molecule has 120 valence electrons. The first-order valence-corrected chi connectivity index (χ1v) is 8.15. The number of rotatable bonds is 3. The Labute approximate surface area is 131 Å². The van der Waals surface area contributed by atoms with E-state index in [-0.39, 0.29) is 18.0 Å². The molecule has 2 heterocycles. The van der Waals surface area contributed by atoms with Gasteiger partial charge in [-0.15, -0.1) is 0 Å². The van der Waals surface area contributed by atoms with Crippen LogP contribution in [-0.2, 0) is 4.79 Å². The Morgan fingerprint density at radius 2 is 2.14 bits per heavy atom. The molecule has 22 heavy (non-hydrogen) atoms. The lowest BCUT2D eigenvalue weighted by atomic mass is 10.0. The van der Waals surface area contributed by atoms with E-state index in [1.165, 1.54) is 11.3 Å². The third-order valence-electron chi connectivity index (χ3n) is 4.59. The van der Waals surface area contributed by atoms with E-state index < -0.39 is 6.10 Å². The van der Waals surface area contributed by atoms with Gasteiger partial charge in [-0.3, -0.25) is 4.79 Å². The predicted octanol–water partition coefficient (Wildman–Crippen LogP) is 0.803. The zero-order valence-electron chi connectivity index (χ0n) is 13.1. The summed E-state index contributed by atoms with van der Waals surface area (Å²) < 4.78 is 0. The van der Waals surface area contributed by atoms with Crippen molar-refractivity contribution in [3.8, 4) is 0 Å². The summed E-state index contributed by atoms with van der Waals surface area (Å²) in [5.41, 5.74) is 2.48. The Kier molecular flexibility index (Phi) is 4.64. The lowest BCUT2D eigenvalue weighted by Crippen LogP contribution is -2.51. The van der Waals surface area contributed by atoms with Gasteiger partial charge in [-0.1, -0.05) is 17.7 Å². The summed E-state index contributed by atoms with van der Waals surface area (Å²) in [5.74, 6) is 0.0207. The lowest BCUT2D eigenvalue weighted by molar-refractivity contribution is -0.123. The van der Waals surface area contributed by atoms with Crippen LogP contribution in [0.3, 0.4) is 0 Å². The van der Waals surface area contributed by atoms with Gasteiger partial charge >= 0.3 is 0 Å². The van der Waals surface area contributed by atoms with Crippen LogP contribution in [0.15, 0.2) is 24.3 Å². The molecule has 2 saturated heterocycles. The molecule has 0 bridgehead atoms. The topological polar surface area (TPSA) is 64.6 Å². The highest BCUT2D eigenvalue weighted by Crippen LogP contribution is 2.20. The SMILES string of the molecule is Cc1ccc(N2CCC[C@H](NC(=O)[C@@H]3C[C@H](O)CN3)C2)cc1. The monoisotopic (exact) mass is 303 g/mol. The van der Waals surface area contributed by atoms with Crippen molar-refractivity contribution in [3.63, 3.8) is 0 Å². The van der Waals surface area contributed by atoms with Gasteiger partial charge in [0.05, 0.1) is 12.1 Å². The zero-order chi connectivity index (χ0) is 15.5. The number of hydrogen-bond donors (Lipinski definition) is 3. The first kappa shape index (κ1) is 15.3. The quantitative estimate of drug-likeness (QED) is 0.773. The highest BCUT2D eigenvalue weighted by molar-refractivity contribution is 5.82. The Morgan fingerprint density at radius 1 is 1.36 bits per heavy atom. The molecule has 0 radical (unpaired) electrons. The number of aliphatic hydroxyl groups is 1. The molecule has 2 aliphatic rings. The standard InChI is InChI=1S/C17H25N3O2/c1-12-4-6-14(7-5-12)20-8-2-3-13(11-20)19-17(22)16-9-15(21)10-18-16/h4-7,13,15-16,18,21H,2-3,8-11H2,1H3,(H,19,22)/t13-,15-,16-/m0/s1. The minimum atomic E-state index is -0.397. The fourth-order valence-corrected chi connectivity index (χ4v) is 3.30. The zero-order valence-corrected chi connectivity index (χ0v) is 13.1. The number of hydrogen-bond acceptors (Lipinski definition) is 4. The molecule has 0 aromatic heterocycles. The number of nitrogens with zero attached hydrogens (tertiary/aromatic N) is 1. The molecule has 2 aliphatic heterocycles. The van der Waals surface area contributed by atoms with E-state index in [2.05, 4.69) is 46.7 Å². The Morgan fingerprint density at radius 3 is 2.82 bits per heavy atom. The lowest BCUT2D eigenvalue weighted by Gasteiger charge is -2.35. The van der Waals surface area contributed by atoms with Gasteiger partial charge in [0, 0.05) is 31.4 Å². The molecule has 1 aromatic rings. The molecular formula is C17H25N3O2. The number of piperidine rings is 1. The molecular weight excluding hydrogens is 278 g/mol. The molecule has 1 amide bonds. The number of amides is 1. The summed E-state index contributed by atoms with van der Waals surface area (Å²) in [6.07, 6.45) is 2.22. The molecule has 3 rings (SSSR count). The number of aryl methyl sites for hydroxylation is 1. The summed E-state index contributed by atoms with van der Waals surface area (Å²) in [6, 6.07) is 8.48. The fraction of sp³-hybridized carbons (Fsp3) is 0.588. The molecule has 5 nitrogen and oxygen atoms in total. The molecule has 0 spiro atoms. The molecule has 0 aliphatic carbocycles. The number of carbonyl (C=O) groups is 1. The van der Waals surface area contributed by atoms with Crippen LogP contribution in [0.4, 0.5) is 5.69 Å². The molecule has 3 atom stereocenters. The number of benzene rings is 1. The molecule has 3 N–H and O–H groups in total. The van der Waals surface area contributed by atoms with E-state index in [1.54, 1.807) is 0 Å². The van der Waals surface area contributed by atoms with Crippen molar-refractivity contribution in [2.24, 2.45) is 0 Å². The molecule has 0 unspecified atom stereocenters. The van der Waals surface area contributed by atoms with E-state index in [0.29, 0.717) is 13.0 Å². The van der Waals surface area contributed by atoms with Crippen LogP contribution < -0.4 is 15.5 Å². The maximum atomic E-state index is 12.2. The fourth-order valence-electron chi connectivity index (χ4n) is 3.30.